The molecule has 0 aromatic heterocycles. The number of rotatable bonds is 0. The van der Waals surface area contributed by atoms with E-state index in [-0.39, 0.29) is 0 Å². The summed E-state index contributed by atoms with van der Waals surface area (Å²) in [6, 6.07) is 0. The summed E-state index contributed by atoms with van der Waals surface area (Å²) in [6.45, 7) is 9.33. The normalized spacial score (nSPS) is 30.0. The van der Waals surface area contributed by atoms with Crippen LogP contribution in [-0.2, 0) is 0 Å². The van der Waals surface area contributed by atoms with Crippen molar-refractivity contribution in [2.24, 2.45) is 0 Å². The van der Waals surface area contributed by atoms with Gasteiger partial charge in [-0.15, -0.1) is 0 Å². The van der Waals surface area contributed by atoms with E-state index in [1.54, 1.807) is 0 Å². The zero-order valence-corrected chi connectivity index (χ0v) is 8.86. The van der Waals surface area contributed by atoms with E-state index in [0.29, 0.717) is 9.49 Å². The second-order valence-electron chi connectivity index (χ2n) is 4.19. The van der Waals surface area contributed by atoms with Crippen molar-refractivity contribution in [2.45, 2.75) is 50.0 Å². The molecule has 2 heteroatoms. The van der Waals surface area contributed by atoms with Gasteiger partial charge in [-0.25, -0.2) is 0 Å². The Hall–Kier alpha value is 0.700. The molecular weight excluding hydrogens is 160 g/mol. The molecular formula is C8H16S2. The van der Waals surface area contributed by atoms with Crippen molar-refractivity contribution in [1.82, 2.24) is 0 Å². The standard InChI is InChI=1S/C8H16S2/c1-7(2)5-6-8(3,4)10-9-7/h5-6H2,1-4H3. The maximum absolute atomic E-state index is 2.33. The molecule has 0 amide bonds. The fraction of sp³-hybridized carbons (Fsp3) is 1.00. The van der Waals surface area contributed by atoms with Crippen LogP contribution in [0.5, 0.6) is 0 Å². The monoisotopic (exact) mass is 176 g/mol. The van der Waals surface area contributed by atoms with Gasteiger partial charge in [-0.2, -0.15) is 0 Å². The first-order valence-electron chi connectivity index (χ1n) is 3.78. The van der Waals surface area contributed by atoms with Gasteiger partial charge in [0, 0.05) is 9.49 Å². The molecule has 0 bridgehead atoms. The van der Waals surface area contributed by atoms with E-state index in [2.05, 4.69) is 27.7 Å². The highest BCUT2D eigenvalue weighted by molar-refractivity contribution is 8.77. The molecule has 0 aliphatic carbocycles. The predicted molar refractivity (Wildman–Crippen MR) is 52.6 cm³/mol. The molecule has 1 rings (SSSR count). The van der Waals surface area contributed by atoms with Gasteiger partial charge in [0.25, 0.3) is 0 Å². The van der Waals surface area contributed by atoms with Crippen molar-refractivity contribution in [1.29, 1.82) is 0 Å². The zero-order valence-electron chi connectivity index (χ0n) is 7.23. The minimum Gasteiger partial charge on any atom is -0.0873 e. The zero-order chi connectivity index (χ0) is 7.83. The fourth-order valence-electron chi connectivity index (χ4n) is 0.911. The Balaban J connectivity index is 2.46. The predicted octanol–water partition coefficient (Wildman–Crippen LogP) is 3.72. The van der Waals surface area contributed by atoms with Crippen LogP contribution in [0.25, 0.3) is 0 Å². The van der Waals surface area contributed by atoms with Gasteiger partial charge in [-0.3, -0.25) is 0 Å². The van der Waals surface area contributed by atoms with Crippen LogP contribution in [-0.4, -0.2) is 9.49 Å². The maximum atomic E-state index is 2.33. The maximum Gasteiger partial charge on any atom is 0.0208 e. The van der Waals surface area contributed by atoms with E-state index in [1.165, 1.54) is 12.8 Å². The third-order valence-corrected chi connectivity index (χ3v) is 6.17. The van der Waals surface area contributed by atoms with Crippen LogP contribution >= 0.6 is 21.6 Å². The molecule has 1 aliphatic rings. The van der Waals surface area contributed by atoms with E-state index in [0.717, 1.165) is 0 Å². The Morgan fingerprint density at radius 1 is 0.800 bits per heavy atom. The molecule has 1 fully saturated rings. The summed E-state index contributed by atoms with van der Waals surface area (Å²) < 4.78 is 1.03. The van der Waals surface area contributed by atoms with Crippen LogP contribution in [0, 0.1) is 0 Å². The smallest absolute Gasteiger partial charge is 0.0208 e. The minimum atomic E-state index is 0.514. The van der Waals surface area contributed by atoms with Gasteiger partial charge in [-0.05, 0) is 40.5 Å². The molecule has 1 saturated heterocycles. The third kappa shape index (κ3) is 2.39. The molecule has 0 nitrogen and oxygen atoms in total. The van der Waals surface area contributed by atoms with Crippen molar-refractivity contribution in [3.05, 3.63) is 0 Å². The summed E-state index contributed by atoms with van der Waals surface area (Å²) in [7, 11) is 4.09. The van der Waals surface area contributed by atoms with E-state index in [9.17, 15) is 0 Å². The van der Waals surface area contributed by atoms with Crippen LogP contribution in [0.2, 0.25) is 0 Å². The lowest BCUT2D eigenvalue weighted by molar-refractivity contribution is 0.529. The van der Waals surface area contributed by atoms with Crippen molar-refractivity contribution in [2.75, 3.05) is 0 Å². The molecule has 60 valence electrons. The molecule has 0 spiro atoms. The molecule has 10 heavy (non-hydrogen) atoms. The Labute approximate surface area is 71.9 Å². The summed E-state index contributed by atoms with van der Waals surface area (Å²) in [5, 5.41) is 0. The highest BCUT2D eigenvalue weighted by Gasteiger charge is 2.32. The Morgan fingerprint density at radius 3 is 1.30 bits per heavy atom. The molecule has 0 aromatic carbocycles. The quantitative estimate of drug-likeness (QED) is 0.516. The van der Waals surface area contributed by atoms with Gasteiger partial charge in [0.15, 0.2) is 0 Å². The van der Waals surface area contributed by atoms with Crippen LogP contribution in [0.15, 0.2) is 0 Å². The topological polar surface area (TPSA) is 0 Å². The summed E-state index contributed by atoms with van der Waals surface area (Å²) in [5.41, 5.74) is 0. The van der Waals surface area contributed by atoms with Crippen molar-refractivity contribution in [3.8, 4) is 0 Å². The molecule has 1 heterocycles. The third-order valence-electron chi connectivity index (χ3n) is 1.82. The molecule has 0 N–H and O–H groups in total. The Kier molecular flexibility index (Phi) is 2.31. The van der Waals surface area contributed by atoms with E-state index < -0.39 is 0 Å². The highest BCUT2D eigenvalue weighted by Crippen LogP contribution is 2.52. The first-order valence-corrected chi connectivity index (χ1v) is 5.93. The van der Waals surface area contributed by atoms with Crippen molar-refractivity contribution >= 4 is 21.6 Å². The lowest BCUT2D eigenvalue weighted by atomic mass is 9.99. The van der Waals surface area contributed by atoms with Gasteiger partial charge in [0.1, 0.15) is 0 Å². The Morgan fingerprint density at radius 2 is 1.10 bits per heavy atom. The molecule has 0 unspecified atom stereocenters. The molecule has 1 aliphatic heterocycles. The average Bonchev–Trinajstić information content (AvgIpc) is 1.79. The van der Waals surface area contributed by atoms with Crippen molar-refractivity contribution in [3.63, 3.8) is 0 Å². The Bertz CT molecular complexity index is 99.2. The van der Waals surface area contributed by atoms with Crippen LogP contribution < -0.4 is 0 Å². The van der Waals surface area contributed by atoms with E-state index in [4.69, 9.17) is 0 Å². The van der Waals surface area contributed by atoms with Gasteiger partial charge in [-0.1, -0.05) is 21.6 Å². The molecule has 0 radical (unpaired) electrons. The van der Waals surface area contributed by atoms with Crippen LogP contribution in [0.1, 0.15) is 40.5 Å². The van der Waals surface area contributed by atoms with Gasteiger partial charge in [0.05, 0.1) is 0 Å². The summed E-state index contributed by atoms with van der Waals surface area (Å²) >= 11 is 0. The van der Waals surface area contributed by atoms with Crippen LogP contribution in [0.3, 0.4) is 0 Å². The summed E-state index contributed by atoms with van der Waals surface area (Å²) in [6.07, 6.45) is 2.72. The van der Waals surface area contributed by atoms with E-state index in [1.807, 2.05) is 21.6 Å². The average molecular weight is 176 g/mol. The summed E-state index contributed by atoms with van der Waals surface area (Å²) in [5.74, 6) is 0. The van der Waals surface area contributed by atoms with Crippen LogP contribution in [0.4, 0.5) is 0 Å². The van der Waals surface area contributed by atoms with E-state index >= 15 is 0 Å². The number of hydrogen-bond donors (Lipinski definition) is 0. The largest absolute Gasteiger partial charge is 0.0873 e. The first kappa shape index (κ1) is 8.79. The number of hydrogen-bond acceptors (Lipinski definition) is 2. The lowest BCUT2D eigenvalue weighted by Gasteiger charge is -2.37. The lowest BCUT2D eigenvalue weighted by Crippen LogP contribution is -2.26. The molecule has 0 saturated carbocycles. The second-order valence-corrected chi connectivity index (χ2v) is 7.73. The van der Waals surface area contributed by atoms with Gasteiger partial charge >= 0.3 is 0 Å². The van der Waals surface area contributed by atoms with Gasteiger partial charge < -0.3 is 0 Å². The van der Waals surface area contributed by atoms with Gasteiger partial charge in [0.2, 0.25) is 0 Å². The second kappa shape index (κ2) is 2.63. The minimum absolute atomic E-state index is 0.514. The van der Waals surface area contributed by atoms with Crippen molar-refractivity contribution < 1.29 is 0 Å². The summed E-state index contributed by atoms with van der Waals surface area (Å²) in [4.78, 5) is 0. The molecule has 0 aromatic rings. The SMILES string of the molecule is CC1(C)CCC(C)(C)SS1. The molecule has 0 atom stereocenters. The fourth-order valence-corrected chi connectivity index (χ4v) is 3.59. The first-order chi connectivity index (χ1) is 4.41. The highest BCUT2D eigenvalue weighted by atomic mass is 33.1.